The summed E-state index contributed by atoms with van der Waals surface area (Å²) >= 11 is 0. The molecule has 5 heterocycles. The summed E-state index contributed by atoms with van der Waals surface area (Å²) in [5.74, 6) is -0.423. The Labute approximate surface area is 254 Å². The quantitative estimate of drug-likeness (QED) is 0.404. The summed E-state index contributed by atoms with van der Waals surface area (Å²) in [5, 5.41) is 7.50. The molecule has 1 aromatic heterocycles. The molecule has 0 bridgehead atoms. The number of amides is 2. The Morgan fingerprint density at radius 1 is 1.07 bits per heavy atom. The van der Waals surface area contributed by atoms with Crippen molar-refractivity contribution < 1.29 is 18.3 Å². The summed E-state index contributed by atoms with van der Waals surface area (Å²) in [6.45, 7) is 7.94. The third-order valence-electron chi connectivity index (χ3n) is 9.94. The van der Waals surface area contributed by atoms with Crippen LogP contribution in [0.3, 0.4) is 0 Å². The van der Waals surface area contributed by atoms with Gasteiger partial charge in [-0.05, 0) is 75.3 Å². The van der Waals surface area contributed by atoms with Crippen LogP contribution in [0.15, 0.2) is 41.4 Å². The molecule has 0 unspecified atom stereocenters. The second-order valence-corrected chi connectivity index (χ2v) is 12.5. The van der Waals surface area contributed by atoms with Crippen LogP contribution in [0.5, 0.6) is 6.01 Å². The lowest BCUT2D eigenvalue weighted by atomic mass is 9.88. The first-order valence-corrected chi connectivity index (χ1v) is 15.5. The second-order valence-electron chi connectivity index (χ2n) is 12.5. The molecule has 11 heteroatoms. The fourth-order valence-electron chi connectivity index (χ4n) is 7.62. The Kier molecular flexibility index (Phi) is 7.44. The largest absolute Gasteiger partial charge is 0.461 e. The molecule has 4 fully saturated rings. The van der Waals surface area contributed by atoms with E-state index in [4.69, 9.17) is 9.72 Å². The SMILES string of the molecule is C=N/C=c1/c(N2CCC3(CC2)CNC(=O)N3)nc(OCC23CCCN2CCC3)n/c1=C(\F)Cc1cccc2cccc(F)c12. The van der Waals surface area contributed by atoms with E-state index in [2.05, 4.69) is 37.1 Å². The van der Waals surface area contributed by atoms with Gasteiger partial charge in [-0.2, -0.15) is 9.97 Å². The molecule has 0 atom stereocenters. The van der Waals surface area contributed by atoms with Gasteiger partial charge in [-0.3, -0.25) is 9.89 Å². The number of nitrogens with one attached hydrogen (secondary N) is 2. The van der Waals surface area contributed by atoms with Gasteiger partial charge < -0.3 is 20.3 Å². The Morgan fingerprint density at radius 2 is 1.82 bits per heavy atom. The molecule has 3 aromatic rings. The number of aromatic nitrogens is 2. The number of carbonyl (C=O) groups excluding carboxylic acids is 1. The predicted molar refractivity (Wildman–Crippen MR) is 166 cm³/mol. The minimum Gasteiger partial charge on any atom is -0.461 e. The number of carbonyl (C=O) groups is 1. The number of hydrogen-bond donors (Lipinski definition) is 2. The molecule has 44 heavy (non-hydrogen) atoms. The third kappa shape index (κ3) is 5.16. The first kappa shape index (κ1) is 28.6. The summed E-state index contributed by atoms with van der Waals surface area (Å²) in [6.07, 6.45) is 7.08. The summed E-state index contributed by atoms with van der Waals surface area (Å²) in [5.41, 5.74) is 0.173. The number of urea groups is 1. The van der Waals surface area contributed by atoms with Crippen molar-refractivity contribution in [3.63, 3.8) is 0 Å². The van der Waals surface area contributed by atoms with Crippen LogP contribution in [0.4, 0.5) is 19.4 Å². The normalized spacial score (nSPS) is 21.8. The molecule has 2 amide bonds. The van der Waals surface area contributed by atoms with Gasteiger partial charge in [-0.25, -0.2) is 13.6 Å². The number of nitrogens with zero attached hydrogens (tertiary/aromatic N) is 5. The Morgan fingerprint density at radius 3 is 2.52 bits per heavy atom. The lowest BCUT2D eigenvalue weighted by Crippen LogP contribution is -2.54. The summed E-state index contributed by atoms with van der Waals surface area (Å²) < 4.78 is 37.8. The van der Waals surface area contributed by atoms with Gasteiger partial charge in [0.25, 0.3) is 0 Å². The van der Waals surface area contributed by atoms with Gasteiger partial charge in [0.15, 0.2) is 0 Å². The third-order valence-corrected chi connectivity index (χ3v) is 9.94. The number of piperidine rings is 1. The topological polar surface area (TPSA) is 95.0 Å². The van der Waals surface area contributed by atoms with Crippen LogP contribution < -0.4 is 30.8 Å². The zero-order chi connectivity index (χ0) is 30.3. The van der Waals surface area contributed by atoms with E-state index in [0.29, 0.717) is 66.5 Å². The molecule has 1 spiro atoms. The molecule has 7 rings (SSSR count). The van der Waals surface area contributed by atoms with Crippen LogP contribution in [0.25, 0.3) is 22.8 Å². The molecule has 230 valence electrons. The summed E-state index contributed by atoms with van der Waals surface area (Å²) in [6, 6.07) is 10.2. The van der Waals surface area contributed by atoms with Crippen molar-refractivity contribution in [2.75, 3.05) is 44.2 Å². The molecule has 0 saturated carbocycles. The van der Waals surface area contributed by atoms with E-state index in [1.165, 1.54) is 12.3 Å². The molecular weight excluding hydrogens is 564 g/mol. The van der Waals surface area contributed by atoms with E-state index in [1.54, 1.807) is 18.2 Å². The average molecular weight is 602 g/mol. The first-order chi connectivity index (χ1) is 21.4. The zero-order valence-electron chi connectivity index (χ0n) is 24.7. The molecule has 4 saturated heterocycles. The lowest BCUT2D eigenvalue weighted by Gasteiger charge is -2.39. The fraction of sp³-hybridized carbons (Fsp3) is 0.455. The standard InChI is InChI=1S/C33H37F2N7O2/c1-36-19-24-28(26(35)18-23-8-2-6-22-7-3-9-25(34)27(22)23)38-31(44-21-33-10-4-14-42(33)15-5-11-33)39-29(24)41-16-12-32(13-17-41)20-37-30(43)40-32/h2-3,6-9,19H,1,4-5,10-18,20-21H2,(H2,37,40,43)/b24-19+,28-26-. The van der Waals surface area contributed by atoms with Gasteiger partial charge in [0.1, 0.15) is 29.4 Å². The number of benzene rings is 2. The van der Waals surface area contributed by atoms with Crippen molar-refractivity contribution in [2.24, 2.45) is 4.99 Å². The van der Waals surface area contributed by atoms with Gasteiger partial charge in [-0.15, -0.1) is 0 Å². The van der Waals surface area contributed by atoms with Gasteiger partial charge in [0.05, 0.1) is 16.3 Å². The molecule has 2 N–H and O–H groups in total. The second kappa shape index (κ2) is 11.4. The zero-order valence-corrected chi connectivity index (χ0v) is 24.7. The Balaban J connectivity index is 1.30. The number of halogens is 2. The van der Waals surface area contributed by atoms with Gasteiger partial charge in [-0.1, -0.05) is 30.3 Å². The summed E-state index contributed by atoms with van der Waals surface area (Å²) in [7, 11) is 0. The number of hydrogen-bond acceptors (Lipinski definition) is 7. The van der Waals surface area contributed by atoms with E-state index in [0.717, 1.165) is 38.8 Å². The number of fused-ring (bicyclic) bond motifs is 2. The molecule has 0 radical (unpaired) electrons. The van der Waals surface area contributed by atoms with E-state index < -0.39 is 11.6 Å². The van der Waals surface area contributed by atoms with Crippen molar-refractivity contribution in [1.82, 2.24) is 25.5 Å². The first-order valence-electron chi connectivity index (χ1n) is 15.5. The maximum atomic E-state index is 16.5. The van der Waals surface area contributed by atoms with Crippen LogP contribution in [-0.2, 0) is 6.42 Å². The number of ether oxygens (including phenoxy) is 1. The van der Waals surface area contributed by atoms with Crippen molar-refractivity contribution in [3.05, 3.63) is 58.3 Å². The van der Waals surface area contributed by atoms with E-state index >= 15 is 4.39 Å². The molecule has 9 nitrogen and oxygen atoms in total. The van der Waals surface area contributed by atoms with Gasteiger partial charge in [0, 0.05) is 37.6 Å². The highest BCUT2D eigenvalue weighted by atomic mass is 19.1. The van der Waals surface area contributed by atoms with Crippen LogP contribution in [0.1, 0.15) is 44.1 Å². The Hall–Kier alpha value is -4.12. The van der Waals surface area contributed by atoms with Crippen molar-refractivity contribution in [3.8, 4) is 6.01 Å². The van der Waals surface area contributed by atoms with Crippen molar-refractivity contribution in [1.29, 1.82) is 0 Å². The number of aliphatic imine (C=N–C) groups is 1. The van der Waals surface area contributed by atoms with E-state index in [1.807, 2.05) is 12.1 Å². The monoisotopic (exact) mass is 601 g/mol. The minimum atomic E-state index is -0.536. The lowest BCUT2D eigenvalue weighted by molar-refractivity contribution is 0.107. The molecule has 0 aliphatic carbocycles. The van der Waals surface area contributed by atoms with Crippen LogP contribution in [-0.4, -0.2) is 78.0 Å². The predicted octanol–water partition coefficient (Wildman–Crippen LogP) is 3.19. The highest BCUT2D eigenvalue weighted by Crippen LogP contribution is 2.39. The smallest absolute Gasteiger partial charge is 0.319 e. The van der Waals surface area contributed by atoms with Crippen molar-refractivity contribution >= 4 is 41.4 Å². The Bertz CT molecular complexity index is 1720. The fourth-order valence-corrected chi connectivity index (χ4v) is 7.62. The minimum absolute atomic E-state index is 0.0366. The maximum absolute atomic E-state index is 16.5. The van der Waals surface area contributed by atoms with Crippen LogP contribution >= 0.6 is 0 Å². The van der Waals surface area contributed by atoms with Crippen LogP contribution in [0, 0.1) is 5.82 Å². The van der Waals surface area contributed by atoms with Gasteiger partial charge >= 0.3 is 12.0 Å². The average Bonchev–Trinajstić information content (AvgIpc) is 3.71. The van der Waals surface area contributed by atoms with Crippen molar-refractivity contribution in [2.45, 2.75) is 56.0 Å². The van der Waals surface area contributed by atoms with Gasteiger partial charge in [0.2, 0.25) is 0 Å². The molecule has 4 aliphatic heterocycles. The molecule has 4 aliphatic rings. The molecular formula is C33H37F2N7O2. The highest BCUT2D eigenvalue weighted by Gasteiger charge is 2.45. The number of rotatable bonds is 7. The number of anilines is 1. The summed E-state index contributed by atoms with van der Waals surface area (Å²) in [4.78, 5) is 30.0. The maximum Gasteiger partial charge on any atom is 0.319 e. The molecule has 2 aromatic carbocycles. The van der Waals surface area contributed by atoms with E-state index in [-0.39, 0.29) is 34.9 Å². The highest BCUT2D eigenvalue weighted by molar-refractivity contribution is 5.87. The van der Waals surface area contributed by atoms with E-state index in [9.17, 15) is 9.18 Å². The van der Waals surface area contributed by atoms with Crippen LogP contribution in [0.2, 0.25) is 0 Å².